The Labute approximate surface area is 144 Å². The SMILES string of the molecule is CCNC(=NCCCc1nnc2ccccn12)N1CCC(C)CC1. The van der Waals surface area contributed by atoms with E-state index in [9.17, 15) is 0 Å². The molecule has 130 valence electrons. The summed E-state index contributed by atoms with van der Waals surface area (Å²) in [4.78, 5) is 7.21. The summed E-state index contributed by atoms with van der Waals surface area (Å²) in [7, 11) is 0. The molecular weight excluding hydrogens is 300 g/mol. The van der Waals surface area contributed by atoms with E-state index in [2.05, 4.69) is 38.7 Å². The number of aryl methyl sites for hydroxylation is 1. The van der Waals surface area contributed by atoms with E-state index < -0.39 is 0 Å². The molecule has 0 aromatic carbocycles. The van der Waals surface area contributed by atoms with Crippen molar-refractivity contribution in [3.63, 3.8) is 0 Å². The molecular formula is C18H28N6. The summed E-state index contributed by atoms with van der Waals surface area (Å²) in [5, 5.41) is 11.9. The lowest BCUT2D eigenvalue weighted by Gasteiger charge is -2.33. The average molecular weight is 328 g/mol. The molecule has 3 heterocycles. The molecule has 0 bridgehead atoms. The zero-order valence-electron chi connectivity index (χ0n) is 14.8. The van der Waals surface area contributed by atoms with Crippen molar-refractivity contribution in [2.24, 2.45) is 10.9 Å². The third kappa shape index (κ3) is 4.04. The average Bonchev–Trinajstić information content (AvgIpc) is 3.02. The van der Waals surface area contributed by atoms with Crippen LogP contribution in [0.1, 0.15) is 38.9 Å². The van der Waals surface area contributed by atoms with Gasteiger partial charge in [-0.2, -0.15) is 0 Å². The molecule has 1 aliphatic rings. The summed E-state index contributed by atoms with van der Waals surface area (Å²) in [5.41, 5.74) is 0.909. The van der Waals surface area contributed by atoms with Gasteiger partial charge in [-0.1, -0.05) is 13.0 Å². The van der Waals surface area contributed by atoms with Crippen LogP contribution in [0.2, 0.25) is 0 Å². The fourth-order valence-electron chi connectivity index (χ4n) is 3.13. The minimum atomic E-state index is 0.816. The van der Waals surface area contributed by atoms with Crippen molar-refractivity contribution in [3.8, 4) is 0 Å². The third-order valence-electron chi connectivity index (χ3n) is 4.62. The van der Waals surface area contributed by atoms with Crippen molar-refractivity contribution in [2.75, 3.05) is 26.2 Å². The fourth-order valence-corrected chi connectivity index (χ4v) is 3.13. The Kier molecular flexibility index (Phi) is 5.67. The van der Waals surface area contributed by atoms with Gasteiger partial charge in [0.2, 0.25) is 0 Å². The van der Waals surface area contributed by atoms with E-state index in [0.717, 1.165) is 62.4 Å². The van der Waals surface area contributed by atoms with E-state index in [-0.39, 0.29) is 0 Å². The van der Waals surface area contributed by atoms with Crippen LogP contribution in [0, 0.1) is 5.92 Å². The van der Waals surface area contributed by atoms with Crippen molar-refractivity contribution in [3.05, 3.63) is 30.2 Å². The van der Waals surface area contributed by atoms with Gasteiger partial charge in [0.1, 0.15) is 5.82 Å². The Balaban J connectivity index is 1.55. The lowest BCUT2D eigenvalue weighted by atomic mass is 10.00. The highest BCUT2D eigenvalue weighted by atomic mass is 15.3. The number of nitrogens with zero attached hydrogens (tertiary/aromatic N) is 5. The molecule has 3 rings (SSSR count). The summed E-state index contributed by atoms with van der Waals surface area (Å²) in [5.74, 6) is 2.92. The number of nitrogens with one attached hydrogen (secondary N) is 1. The van der Waals surface area contributed by atoms with Crippen LogP contribution in [-0.4, -0.2) is 51.6 Å². The molecule has 6 heteroatoms. The molecule has 6 nitrogen and oxygen atoms in total. The molecule has 0 aliphatic carbocycles. The first kappa shape index (κ1) is 16.7. The van der Waals surface area contributed by atoms with Crippen molar-refractivity contribution >= 4 is 11.6 Å². The zero-order valence-corrected chi connectivity index (χ0v) is 14.8. The van der Waals surface area contributed by atoms with Crippen LogP contribution in [0.5, 0.6) is 0 Å². The molecule has 1 N–H and O–H groups in total. The first-order valence-corrected chi connectivity index (χ1v) is 9.10. The van der Waals surface area contributed by atoms with Gasteiger partial charge in [0.05, 0.1) is 0 Å². The quantitative estimate of drug-likeness (QED) is 0.520. The molecule has 0 unspecified atom stereocenters. The molecule has 0 spiro atoms. The minimum absolute atomic E-state index is 0.816. The van der Waals surface area contributed by atoms with Gasteiger partial charge in [0, 0.05) is 38.8 Å². The lowest BCUT2D eigenvalue weighted by Crippen LogP contribution is -2.45. The molecule has 1 fully saturated rings. The number of hydrogen-bond donors (Lipinski definition) is 1. The fraction of sp³-hybridized carbons (Fsp3) is 0.611. The number of aliphatic imine (C=N–C) groups is 1. The van der Waals surface area contributed by atoms with Crippen LogP contribution in [0.3, 0.4) is 0 Å². The van der Waals surface area contributed by atoms with E-state index in [1.54, 1.807) is 0 Å². The molecule has 2 aromatic heterocycles. The number of hydrogen-bond acceptors (Lipinski definition) is 3. The number of fused-ring (bicyclic) bond motifs is 1. The smallest absolute Gasteiger partial charge is 0.193 e. The standard InChI is InChI=1S/C18H28N6/c1-3-19-18(23-13-9-15(2)10-14-23)20-11-6-8-17-22-21-16-7-4-5-12-24(16)17/h4-5,7,12,15H,3,6,8-11,13-14H2,1-2H3,(H,19,20). The Morgan fingerprint density at radius 1 is 1.29 bits per heavy atom. The minimum Gasteiger partial charge on any atom is -0.357 e. The molecule has 0 saturated carbocycles. The van der Waals surface area contributed by atoms with E-state index in [4.69, 9.17) is 4.99 Å². The number of guanidine groups is 1. The van der Waals surface area contributed by atoms with E-state index in [0.29, 0.717) is 0 Å². The van der Waals surface area contributed by atoms with Gasteiger partial charge in [0.25, 0.3) is 0 Å². The maximum Gasteiger partial charge on any atom is 0.193 e. The van der Waals surface area contributed by atoms with Gasteiger partial charge in [-0.05, 0) is 44.2 Å². The van der Waals surface area contributed by atoms with Crippen LogP contribution >= 0.6 is 0 Å². The van der Waals surface area contributed by atoms with Crippen molar-refractivity contribution in [1.29, 1.82) is 0 Å². The van der Waals surface area contributed by atoms with E-state index in [1.807, 2.05) is 24.4 Å². The van der Waals surface area contributed by atoms with Gasteiger partial charge in [-0.25, -0.2) is 0 Å². The topological polar surface area (TPSA) is 57.8 Å². The Morgan fingerprint density at radius 2 is 2.12 bits per heavy atom. The van der Waals surface area contributed by atoms with Crippen molar-refractivity contribution in [1.82, 2.24) is 24.8 Å². The summed E-state index contributed by atoms with van der Waals surface area (Å²) >= 11 is 0. The zero-order chi connectivity index (χ0) is 16.8. The van der Waals surface area contributed by atoms with Gasteiger partial charge < -0.3 is 10.2 Å². The van der Waals surface area contributed by atoms with E-state index in [1.165, 1.54) is 12.8 Å². The largest absolute Gasteiger partial charge is 0.357 e. The van der Waals surface area contributed by atoms with Crippen LogP contribution in [0.15, 0.2) is 29.4 Å². The van der Waals surface area contributed by atoms with Gasteiger partial charge in [-0.3, -0.25) is 9.39 Å². The second-order valence-corrected chi connectivity index (χ2v) is 6.55. The van der Waals surface area contributed by atoms with Crippen LogP contribution < -0.4 is 5.32 Å². The second kappa shape index (κ2) is 8.13. The predicted molar refractivity (Wildman–Crippen MR) is 97.3 cm³/mol. The molecule has 24 heavy (non-hydrogen) atoms. The number of rotatable bonds is 5. The first-order valence-electron chi connectivity index (χ1n) is 9.10. The summed E-state index contributed by atoms with van der Waals surface area (Å²) in [6.45, 7) is 8.42. The normalized spacial score (nSPS) is 16.8. The van der Waals surface area contributed by atoms with Crippen molar-refractivity contribution in [2.45, 2.75) is 39.5 Å². The van der Waals surface area contributed by atoms with Crippen LogP contribution in [0.4, 0.5) is 0 Å². The number of aromatic nitrogens is 3. The Morgan fingerprint density at radius 3 is 2.92 bits per heavy atom. The molecule has 2 aromatic rings. The Hall–Kier alpha value is -2.11. The number of piperidine rings is 1. The van der Waals surface area contributed by atoms with Crippen LogP contribution in [0.25, 0.3) is 5.65 Å². The highest BCUT2D eigenvalue weighted by Gasteiger charge is 2.18. The number of likely N-dealkylation sites (tertiary alicyclic amines) is 1. The molecule has 1 saturated heterocycles. The summed E-state index contributed by atoms with van der Waals surface area (Å²) in [6, 6.07) is 5.98. The lowest BCUT2D eigenvalue weighted by molar-refractivity contribution is 0.273. The number of pyridine rings is 1. The summed E-state index contributed by atoms with van der Waals surface area (Å²) in [6.07, 6.45) is 6.42. The highest BCUT2D eigenvalue weighted by Crippen LogP contribution is 2.16. The van der Waals surface area contributed by atoms with Crippen LogP contribution in [-0.2, 0) is 6.42 Å². The van der Waals surface area contributed by atoms with Gasteiger partial charge in [0.15, 0.2) is 11.6 Å². The predicted octanol–water partition coefficient (Wildman–Crippen LogP) is 2.36. The highest BCUT2D eigenvalue weighted by molar-refractivity contribution is 5.80. The third-order valence-corrected chi connectivity index (χ3v) is 4.62. The van der Waals surface area contributed by atoms with Gasteiger partial charge in [-0.15, -0.1) is 10.2 Å². The Bertz CT molecular complexity index is 669. The maximum absolute atomic E-state index is 4.82. The maximum atomic E-state index is 4.82. The molecule has 0 atom stereocenters. The molecule has 1 aliphatic heterocycles. The second-order valence-electron chi connectivity index (χ2n) is 6.55. The monoisotopic (exact) mass is 328 g/mol. The van der Waals surface area contributed by atoms with E-state index >= 15 is 0 Å². The molecule has 0 amide bonds. The van der Waals surface area contributed by atoms with Gasteiger partial charge >= 0.3 is 0 Å². The molecule has 0 radical (unpaired) electrons. The van der Waals surface area contributed by atoms with Crippen molar-refractivity contribution < 1.29 is 0 Å². The summed E-state index contributed by atoms with van der Waals surface area (Å²) < 4.78 is 2.06. The first-order chi connectivity index (χ1) is 11.8.